The molecule has 0 N–H and O–H groups in total. The molecule has 2 fully saturated rings. The number of amides is 1. The lowest BCUT2D eigenvalue weighted by Gasteiger charge is -2.23. The molecule has 0 aliphatic carbocycles. The number of pyridine rings is 1. The van der Waals surface area contributed by atoms with Crippen molar-refractivity contribution in [3.8, 4) is 0 Å². The van der Waals surface area contributed by atoms with E-state index in [4.69, 9.17) is 0 Å². The molecule has 120 valence electrons. The first-order valence-electron chi connectivity index (χ1n) is 8.04. The maximum Gasteiger partial charge on any atom is 0.227 e. The SMILES string of the molecule is Cn1cc(N2CC3(CCN(Cc4cccnc4)C3)CC2=O)cn1. The summed E-state index contributed by atoms with van der Waals surface area (Å²) < 4.78 is 1.75. The number of aryl methyl sites for hydroxylation is 1. The molecule has 1 amide bonds. The van der Waals surface area contributed by atoms with E-state index in [1.807, 2.05) is 30.4 Å². The van der Waals surface area contributed by atoms with Gasteiger partial charge in [0.15, 0.2) is 0 Å². The fourth-order valence-corrected chi connectivity index (χ4v) is 3.86. The summed E-state index contributed by atoms with van der Waals surface area (Å²) in [5.41, 5.74) is 2.24. The van der Waals surface area contributed by atoms with Crippen molar-refractivity contribution in [3.63, 3.8) is 0 Å². The molecular formula is C17H21N5O. The van der Waals surface area contributed by atoms with Crippen LogP contribution in [0, 0.1) is 5.41 Å². The second kappa shape index (κ2) is 5.45. The Balaban J connectivity index is 1.45. The second-order valence-electron chi connectivity index (χ2n) is 6.85. The van der Waals surface area contributed by atoms with Gasteiger partial charge in [0.1, 0.15) is 0 Å². The Morgan fingerprint density at radius 3 is 2.96 bits per heavy atom. The molecule has 2 aliphatic heterocycles. The Bertz CT molecular complexity index is 713. The largest absolute Gasteiger partial charge is 0.309 e. The second-order valence-corrected chi connectivity index (χ2v) is 6.85. The van der Waals surface area contributed by atoms with Gasteiger partial charge in [0.05, 0.1) is 11.9 Å². The third kappa shape index (κ3) is 2.74. The zero-order valence-electron chi connectivity index (χ0n) is 13.4. The summed E-state index contributed by atoms with van der Waals surface area (Å²) in [5, 5.41) is 4.19. The number of aromatic nitrogens is 3. The summed E-state index contributed by atoms with van der Waals surface area (Å²) in [7, 11) is 1.88. The van der Waals surface area contributed by atoms with Crippen LogP contribution in [-0.2, 0) is 18.4 Å². The van der Waals surface area contributed by atoms with Crippen molar-refractivity contribution in [1.29, 1.82) is 0 Å². The monoisotopic (exact) mass is 311 g/mol. The summed E-state index contributed by atoms with van der Waals surface area (Å²) in [6.45, 7) is 3.74. The maximum absolute atomic E-state index is 12.5. The molecule has 1 atom stereocenters. The Labute approximate surface area is 135 Å². The van der Waals surface area contributed by atoms with Gasteiger partial charge in [-0.05, 0) is 24.6 Å². The van der Waals surface area contributed by atoms with Crippen LogP contribution in [0.3, 0.4) is 0 Å². The number of hydrogen-bond donors (Lipinski definition) is 0. The van der Waals surface area contributed by atoms with Crippen LogP contribution in [0.25, 0.3) is 0 Å². The van der Waals surface area contributed by atoms with E-state index in [2.05, 4.69) is 21.0 Å². The molecule has 4 rings (SSSR count). The van der Waals surface area contributed by atoms with Gasteiger partial charge in [-0.25, -0.2) is 0 Å². The topological polar surface area (TPSA) is 54.3 Å². The fourth-order valence-electron chi connectivity index (χ4n) is 3.86. The van der Waals surface area contributed by atoms with Crippen molar-refractivity contribution in [3.05, 3.63) is 42.5 Å². The standard InChI is InChI=1S/C17H21N5O/c1-20-11-15(9-19-20)22-13-17(7-16(22)23)4-6-21(12-17)10-14-3-2-5-18-8-14/h2-3,5,8-9,11H,4,6-7,10,12-13H2,1H3. The molecule has 0 radical (unpaired) electrons. The van der Waals surface area contributed by atoms with E-state index in [0.717, 1.165) is 38.3 Å². The summed E-state index contributed by atoms with van der Waals surface area (Å²) in [5.74, 6) is 0.223. The van der Waals surface area contributed by atoms with Crippen LogP contribution in [0.5, 0.6) is 0 Å². The highest BCUT2D eigenvalue weighted by Gasteiger charge is 2.47. The van der Waals surface area contributed by atoms with Crippen LogP contribution in [0.1, 0.15) is 18.4 Å². The molecule has 0 aromatic carbocycles. The predicted octanol–water partition coefficient (Wildman–Crippen LogP) is 1.44. The molecule has 2 aliphatic rings. The number of anilines is 1. The van der Waals surface area contributed by atoms with Gasteiger partial charge >= 0.3 is 0 Å². The quantitative estimate of drug-likeness (QED) is 0.861. The molecule has 2 aromatic rings. The van der Waals surface area contributed by atoms with Crippen LogP contribution < -0.4 is 4.90 Å². The summed E-state index contributed by atoms with van der Waals surface area (Å²) in [6.07, 6.45) is 9.14. The van der Waals surface area contributed by atoms with Gasteiger partial charge in [-0.15, -0.1) is 0 Å². The molecule has 0 saturated carbocycles. The molecule has 6 nitrogen and oxygen atoms in total. The lowest BCUT2D eigenvalue weighted by atomic mass is 9.86. The highest BCUT2D eigenvalue weighted by Crippen LogP contribution is 2.42. The van der Waals surface area contributed by atoms with Gasteiger partial charge in [0, 0.05) is 57.1 Å². The van der Waals surface area contributed by atoms with E-state index in [0.29, 0.717) is 6.42 Å². The smallest absolute Gasteiger partial charge is 0.227 e. The van der Waals surface area contributed by atoms with Crippen molar-refractivity contribution in [2.24, 2.45) is 12.5 Å². The number of nitrogens with zero attached hydrogens (tertiary/aromatic N) is 5. The number of likely N-dealkylation sites (tertiary alicyclic amines) is 1. The van der Waals surface area contributed by atoms with Crippen LogP contribution in [0.4, 0.5) is 5.69 Å². The third-order valence-corrected chi connectivity index (χ3v) is 4.97. The first-order valence-corrected chi connectivity index (χ1v) is 8.04. The Kier molecular flexibility index (Phi) is 3.41. The lowest BCUT2D eigenvalue weighted by molar-refractivity contribution is -0.117. The van der Waals surface area contributed by atoms with E-state index in [1.54, 1.807) is 17.1 Å². The highest BCUT2D eigenvalue weighted by atomic mass is 16.2. The number of hydrogen-bond acceptors (Lipinski definition) is 4. The number of carbonyl (C=O) groups is 1. The Morgan fingerprint density at radius 1 is 1.30 bits per heavy atom. The normalized spacial score (nSPS) is 24.9. The summed E-state index contributed by atoms with van der Waals surface area (Å²) in [6, 6.07) is 4.09. The molecule has 4 heterocycles. The van der Waals surface area contributed by atoms with Crippen LogP contribution in [0.2, 0.25) is 0 Å². The van der Waals surface area contributed by atoms with E-state index < -0.39 is 0 Å². The zero-order chi connectivity index (χ0) is 15.9. The van der Waals surface area contributed by atoms with E-state index in [1.165, 1.54) is 5.56 Å². The molecule has 2 saturated heterocycles. The third-order valence-electron chi connectivity index (χ3n) is 4.97. The van der Waals surface area contributed by atoms with Crippen molar-refractivity contribution in [1.82, 2.24) is 19.7 Å². The average Bonchev–Trinajstić information content (AvgIpc) is 3.21. The minimum Gasteiger partial charge on any atom is -0.309 e. The molecule has 23 heavy (non-hydrogen) atoms. The molecular weight excluding hydrogens is 290 g/mol. The number of rotatable bonds is 3. The average molecular weight is 311 g/mol. The fraction of sp³-hybridized carbons (Fsp3) is 0.471. The van der Waals surface area contributed by atoms with E-state index >= 15 is 0 Å². The molecule has 1 unspecified atom stereocenters. The molecule has 2 aromatic heterocycles. The van der Waals surface area contributed by atoms with Crippen molar-refractivity contribution >= 4 is 11.6 Å². The zero-order valence-corrected chi connectivity index (χ0v) is 13.4. The van der Waals surface area contributed by atoms with Crippen molar-refractivity contribution < 1.29 is 4.79 Å². The maximum atomic E-state index is 12.5. The lowest BCUT2D eigenvalue weighted by Crippen LogP contribution is -2.31. The van der Waals surface area contributed by atoms with Crippen LogP contribution >= 0.6 is 0 Å². The molecule has 0 bridgehead atoms. The highest BCUT2D eigenvalue weighted by molar-refractivity contribution is 5.96. The van der Waals surface area contributed by atoms with Crippen LogP contribution in [0.15, 0.2) is 36.9 Å². The first kappa shape index (κ1) is 14.4. The minimum absolute atomic E-state index is 0.0924. The van der Waals surface area contributed by atoms with E-state index in [9.17, 15) is 4.79 Å². The van der Waals surface area contributed by atoms with Crippen molar-refractivity contribution in [2.45, 2.75) is 19.4 Å². The summed E-state index contributed by atoms with van der Waals surface area (Å²) in [4.78, 5) is 21.0. The van der Waals surface area contributed by atoms with Gasteiger partial charge < -0.3 is 4.90 Å². The van der Waals surface area contributed by atoms with Crippen LogP contribution in [-0.4, -0.2) is 45.2 Å². The first-order chi connectivity index (χ1) is 11.1. The van der Waals surface area contributed by atoms with Gasteiger partial charge in [0.25, 0.3) is 0 Å². The molecule has 1 spiro atoms. The van der Waals surface area contributed by atoms with Gasteiger partial charge in [-0.3, -0.25) is 19.4 Å². The Hall–Kier alpha value is -2.21. The Morgan fingerprint density at radius 2 is 2.22 bits per heavy atom. The van der Waals surface area contributed by atoms with E-state index in [-0.39, 0.29) is 11.3 Å². The van der Waals surface area contributed by atoms with Gasteiger partial charge in [-0.1, -0.05) is 6.07 Å². The molecule has 6 heteroatoms. The van der Waals surface area contributed by atoms with Crippen molar-refractivity contribution in [2.75, 3.05) is 24.5 Å². The summed E-state index contributed by atoms with van der Waals surface area (Å²) >= 11 is 0. The predicted molar refractivity (Wildman–Crippen MR) is 86.7 cm³/mol. The van der Waals surface area contributed by atoms with Gasteiger partial charge in [-0.2, -0.15) is 5.10 Å². The number of carbonyl (C=O) groups excluding carboxylic acids is 1. The minimum atomic E-state index is 0.0924. The van der Waals surface area contributed by atoms with Gasteiger partial charge in [0.2, 0.25) is 5.91 Å².